The summed E-state index contributed by atoms with van der Waals surface area (Å²) in [6.45, 7) is 7.32. The van der Waals surface area contributed by atoms with E-state index in [1.54, 1.807) is 0 Å². The molecule has 0 amide bonds. The largest absolute Gasteiger partial charge is 0.306 e. The molecule has 0 aromatic heterocycles. The molecule has 1 heteroatoms. The van der Waals surface area contributed by atoms with Crippen LogP contribution in [0.3, 0.4) is 0 Å². The van der Waals surface area contributed by atoms with Gasteiger partial charge in [0.2, 0.25) is 0 Å². The molecule has 1 heterocycles. The molecule has 0 saturated carbocycles. The molecule has 0 aromatic carbocycles. The molecule has 60 valence electrons. The highest BCUT2D eigenvalue weighted by Gasteiger charge is 2.23. The van der Waals surface area contributed by atoms with E-state index in [1.807, 2.05) is 0 Å². The fourth-order valence-corrected chi connectivity index (χ4v) is 1.77. The van der Waals surface area contributed by atoms with E-state index in [9.17, 15) is 0 Å². The van der Waals surface area contributed by atoms with E-state index in [2.05, 4.69) is 25.8 Å². The van der Waals surface area contributed by atoms with Gasteiger partial charge in [0.1, 0.15) is 0 Å². The van der Waals surface area contributed by atoms with Crippen molar-refractivity contribution in [2.75, 3.05) is 20.1 Å². The molecule has 2 atom stereocenters. The maximum Gasteiger partial charge on any atom is 0.000963 e. The van der Waals surface area contributed by atoms with Gasteiger partial charge in [-0.1, -0.05) is 20.3 Å². The second-order valence-corrected chi connectivity index (χ2v) is 3.70. The first-order valence-electron chi connectivity index (χ1n) is 4.42. The molecule has 0 aliphatic carbocycles. The second-order valence-electron chi connectivity index (χ2n) is 3.70. The van der Waals surface area contributed by atoms with Crippen molar-refractivity contribution >= 4 is 0 Å². The fourth-order valence-electron chi connectivity index (χ4n) is 1.77. The third-order valence-corrected chi connectivity index (χ3v) is 2.88. The zero-order valence-corrected chi connectivity index (χ0v) is 7.43. The number of hydrogen-bond acceptors (Lipinski definition) is 1. The predicted molar refractivity (Wildman–Crippen MR) is 45.1 cm³/mol. The number of likely N-dealkylation sites (tertiary alicyclic amines) is 1. The van der Waals surface area contributed by atoms with Crippen molar-refractivity contribution in [1.29, 1.82) is 0 Å². The van der Waals surface area contributed by atoms with Crippen molar-refractivity contribution in [3.05, 3.63) is 0 Å². The van der Waals surface area contributed by atoms with Gasteiger partial charge in [-0.15, -0.1) is 0 Å². The Morgan fingerprint density at radius 1 is 1.60 bits per heavy atom. The minimum absolute atomic E-state index is 0.935. The van der Waals surface area contributed by atoms with Gasteiger partial charge in [-0.2, -0.15) is 0 Å². The van der Waals surface area contributed by atoms with Crippen LogP contribution in [0.4, 0.5) is 0 Å². The third kappa shape index (κ3) is 1.72. The summed E-state index contributed by atoms with van der Waals surface area (Å²) in [5.74, 6) is 1.92. The third-order valence-electron chi connectivity index (χ3n) is 2.88. The van der Waals surface area contributed by atoms with Crippen LogP contribution in [0.25, 0.3) is 0 Å². The molecule has 0 radical (unpaired) electrons. The van der Waals surface area contributed by atoms with Crippen LogP contribution in [0.1, 0.15) is 26.7 Å². The van der Waals surface area contributed by atoms with Gasteiger partial charge in [-0.05, 0) is 31.8 Å². The minimum atomic E-state index is 0.935. The van der Waals surface area contributed by atoms with Crippen molar-refractivity contribution in [2.45, 2.75) is 26.7 Å². The van der Waals surface area contributed by atoms with Crippen molar-refractivity contribution in [2.24, 2.45) is 11.8 Å². The van der Waals surface area contributed by atoms with E-state index >= 15 is 0 Å². The van der Waals surface area contributed by atoms with Gasteiger partial charge in [0.05, 0.1) is 0 Å². The summed E-state index contributed by atoms with van der Waals surface area (Å²) in [4.78, 5) is 2.44. The average Bonchev–Trinajstić information content (AvgIpc) is 2.34. The van der Waals surface area contributed by atoms with Gasteiger partial charge in [0, 0.05) is 6.54 Å². The van der Waals surface area contributed by atoms with Crippen molar-refractivity contribution in [3.8, 4) is 0 Å². The topological polar surface area (TPSA) is 3.24 Å². The Kier molecular flexibility index (Phi) is 2.72. The summed E-state index contributed by atoms with van der Waals surface area (Å²) in [7, 11) is 2.22. The maximum atomic E-state index is 2.44. The summed E-state index contributed by atoms with van der Waals surface area (Å²) in [5.41, 5.74) is 0. The van der Waals surface area contributed by atoms with Crippen molar-refractivity contribution in [1.82, 2.24) is 4.90 Å². The lowest BCUT2D eigenvalue weighted by atomic mass is 9.91. The summed E-state index contributed by atoms with van der Waals surface area (Å²) in [6.07, 6.45) is 2.77. The summed E-state index contributed by atoms with van der Waals surface area (Å²) >= 11 is 0. The Labute approximate surface area is 64.4 Å². The van der Waals surface area contributed by atoms with E-state index in [1.165, 1.54) is 25.9 Å². The van der Waals surface area contributed by atoms with Crippen molar-refractivity contribution < 1.29 is 0 Å². The normalized spacial score (nSPS) is 30.9. The number of hydrogen-bond donors (Lipinski definition) is 0. The zero-order valence-electron chi connectivity index (χ0n) is 7.43. The summed E-state index contributed by atoms with van der Waals surface area (Å²) < 4.78 is 0. The molecular weight excluding hydrogens is 122 g/mol. The van der Waals surface area contributed by atoms with Gasteiger partial charge >= 0.3 is 0 Å². The summed E-state index contributed by atoms with van der Waals surface area (Å²) in [6, 6.07) is 0. The van der Waals surface area contributed by atoms with Gasteiger partial charge in [0.25, 0.3) is 0 Å². The summed E-state index contributed by atoms with van der Waals surface area (Å²) in [5, 5.41) is 0. The predicted octanol–water partition coefficient (Wildman–Crippen LogP) is 1.98. The van der Waals surface area contributed by atoms with Crippen LogP contribution in [0.15, 0.2) is 0 Å². The number of rotatable bonds is 2. The van der Waals surface area contributed by atoms with Crippen molar-refractivity contribution in [3.63, 3.8) is 0 Å². The molecular formula is C9H19N. The Balaban J connectivity index is 2.29. The van der Waals surface area contributed by atoms with Gasteiger partial charge in [0.15, 0.2) is 0 Å². The van der Waals surface area contributed by atoms with Gasteiger partial charge < -0.3 is 4.90 Å². The van der Waals surface area contributed by atoms with Crippen LogP contribution >= 0.6 is 0 Å². The van der Waals surface area contributed by atoms with Crippen LogP contribution in [0, 0.1) is 11.8 Å². The zero-order chi connectivity index (χ0) is 7.56. The van der Waals surface area contributed by atoms with Gasteiger partial charge in [-0.3, -0.25) is 0 Å². The Morgan fingerprint density at radius 3 is 2.70 bits per heavy atom. The van der Waals surface area contributed by atoms with E-state index in [0.717, 1.165) is 11.8 Å². The highest BCUT2D eigenvalue weighted by atomic mass is 15.1. The Bertz CT molecular complexity index is 101. The van der Waals surface area contributed by atoms with Crippen LogP contribution < -0.4 is 0 Å². The molecule has 0 spiro atoms. The quantitative estimate of drug-likeness (QED) is 0.568. The standard InChI is InChI=1S/C9H19N/c1-4-8(2)9-5-6-10(3)7-9/h8-9H,4-7H2,1-3H3/t8-,9?/m1/s1. The highest BCUT2D eigenvalue weighted by molar-refractivity contribution is 4.76. The monoisotopic (exact) mass is 141 g/mol. The molecule has 1 unspecified atom stereocenters. The smallest absolute Gasteiger partial charge is 0.000963 e. The Morgan fingerprint density at radius 2 is 2.30 bits per heavy atom. The first kappa shape index (κ1) is 8.06. The molecule has 0 N–H and O–H groups in total. The molecule has 1 saturated heterocycles. The SMILES string of the molecule is CC[C@@H](C)C1CCN(C)C1. The first-order chi connectivity index (χ1) is 4.74. The average molecular weight is 141 g/mol. The first-order valence-corrected chi connectivity index (χ1v) is 4.42. The molecule has 1 aliphatic rings. The second kappa shape index (κ2) is 3.38. The molecule has 1 fully saturated rings. The lowest BCUT2D eigenvalue weighted by molar-refractivity contribution is 0.330. The maximum absolute atomic E-state index is 2.44. The Hall–Kier alpha value is -0.0400. The minimum Gasteiger partial charge on any atom is -0.306 e. The molecule has 10 heavy (non-hydrogen) atoms. The highest BCUT2D eigenvalue weighted by Crippen LogP contribution is 2.24. The molecule has 1 rings (SSSR count). The molecule has 0 aromatic rings. The lowest BCUT2D eigenvalue weighted by Crippen LogP contribution is -2.17. The number of nitrogens with zero attached hydrogens (tertiary/aromatic N) is 1. The van der Waals surface area contributed by atoms with E-state index in [4.69, 9.17) is 0 Å². The van der Waals surface area contributed by atoms with E-state index in [0.29, 0.717) is 0 Å². The molecule has 1 aliphatic heterocycles. The molecule has 0 bridgehead atoms. The van der Waals surface area contributed by atoms with E-state index in [-0.39, 0.29) is 0 Å². The van der Waals surface area contributed by atoms with Crippen LogP contribution in [-0.4, -0.2) is 25.0 Å². The fraction of sp³-hybridized carbons (Fsp3) is 1.00. The van der Waals surface area contributed by atoms with Crippen LogP contribution in [0.2, 0.25) is 0 Å². The molecule has 1 nitrogen and oxygen atoms in total. The lowest BCUT2D eigenvalue weighted by Gasteiger charge is -2.16. The van der Waals surface area contributed by atoms with Crippen LogP contribution in [-0.2, 0) is 0 Å². The van der Waals surface area contributed by atoms with Gasteiger partial charge in [-0.25, -0.2) is 0 Å². The van der Waals surface area contributed by atoms with E-state index < -0.39 is 0 Å². The van der Waals surface area contributed by atoms with Crippen LogP contribution in [0.5, 0.6) is 0 Å².